The van der Waals surface area contributed by atoms with Crippen LogP contribution in [0.25, 0.3) is 0 Å². The lowest BCUT2D eigenvalue weighted by molar-refractivity contribution is 0.0724. The fraction of sp³-hybridized carbons (Fsp3) is 0.545. The van der Waals surface area contributed by atoms with E-state index in [1.165, 1.54) is 12.4 Å². The van der Waals surface area contributed by atoms with Crippen LogP contribution in [0.2, 0.25) is 5.15 Å². The maximum Gasteiger partial charge on any atom is 0.272 e. The van der Waals surface area contributed by atoms with Crippen molar-refractivity contribution in [3.63, 3.8) is 0 Å². The van der Waals surface area contributed by atoms with Gasteiger partial charge >= 0.3 is 0 Å². The Balaban J connectivity index is 2.12. The number of hydrogen-bond donors (Lipinski definition) is 1. The SMILES string of the molecule is CC1OCCC1(C)NC(=O)c1cncc(Cl)n1. The van der Waals surface area contributed by atoms with E-state index in [2.05, 4.69) is 15.3 Å². The van der Waals surface area contributed by atoms with Gasteiger partial charge in [-0.1, -0.05) is 11.6 Å². The lowest BCUT2D eigenvalue weighted by atomic mass is 9.94. The van der Waals surface area contributed by atoms with Gasteiger partial charge in [-0.15, -0.1) is 0 Å². The van der Waals surface area contributed by atoms with Gasteiger partial charge in [-0.05, 0) is 20.3 Å². The van der Waals surface area contributed by atoms with Crippen molar-refractivity contribution in [1.29, 1.82) is 0 Å². The molecule has 17 heavy (non-hydrogen) atoms. The Morgan fingerprint density at radius 2 is 2.41 bits per heavy atom. The van der Waals surface area contributed by atoms with Crippen molar-refractivity contribution in [3.05, 3.63) is 23.2 Å². The number of amides is 1. The summed E-state index contributed by atoms with van der Waals surface area (Å²) in [5.41, 5.74) is -0.140. The van der Waals surface area contributed by atoms with Crippen LogP contribution < -0.4 is 5.32 Å². The minimum Gasteiger partial charge on any atom is -0.376 e. The van der Waals surface area contributed by atoms with Gasteiger partial charge in [0.1, 0.15) is 10.8 Å². The van der Waals surface area contributed by atoms with E-state index in [0.29, 0.717) is 6.61 Å². The minimum absolute atomic E-state index is 0.0152. The molecular weight excluding hydrogens is 242 g/mol. The van der Waals surface area contributed by atoms with E-state index < -0.39 is 0 Å². The largest absolute Gasteiger partial charge is 0.376 e. The highest BCUT2D eigenvalue weighted by Crippen LogP contribution is 2.25. The van der Waals surface area contributed by atoms with Gasteiger partial charge in [-0.3, -0.25) is 9.78 Å². The quantitative estimate of drug-likeness (QED) is 0.868. The number of nitrogens with one attached hydrogen (secondary N) is 1. The molecule has 1 N–H and O–H groups in total. The third-order valence-electron chi connectivity index (χ3n) is 3.12. The maximum atomic E-state index is 12.0. The van der Waals surface area contributed by atoms with Crippen molar-refractivity contribution in [2.24, 2.45) is 0 Å². The summed E-state index contributed by atoms with van der Waals surface area (Å²) < 4.78 is 5.45. The van der Waals surface area contributed by atoms with Crippen LogP contribution in [0.5, 0.6) is 0 Å². The summed E-state index contributed by atoms with van der Waals surface area (Å²) in [6.45, 7) is 4.55. The van der Waals surface area contributed by atoms with Gasteiger partial charge in [0.2, 0.25) is 0 Å². The van der Waals surface area contributed by atoms with Crippen LogP contribution in [0.15, 0.2) is 12.4 Å². The van der Waals surface area contributed by atoms with E-state index in [1.807, 2.05) is 13.8 Å². The number of carbonyl (C=O) groups is 1. The van der Waals surface area contributed by atoms with Crippen LogP contribution in [0.4, 0.5) is 0 Å². The van der Waals surface area contributed by atoms with Crippen molar-refractivity contribution >= 4 is 17.5 Å². The third-order valence-corrected chi connectivity index (χ3v) is 3.31. The molecule has 1 aliphatic rings. The molecule has 2 unspecified atom stereocenters. The van der Waals surface area contributed by atoms with Gasteiger partial charge in [0, 0.05) is 6.61 Å². The van der Waals surface area contributed by atoms with Gasteiger partial charge in [-0.25, -0.2) is 4.98 Å². The van der Waals surface area contributed by atoms with Crippen LogP contribution in [0.3, 0.4) is 0 Å². The highest BCUT2D eigenvalue weighted by molar-refractivity contribution is 6.29. The molecule has 92 valence electrons. The molecule has 1 amide bonds. The fourth-order valence-electron chi connectivity index (χ4n) is 1.77. The molecule has 0 bridgehead atoms. The van der Waals surface area contributed by atoms with Crippen LogP contribution in [-0.2, 0) is 4.74 Å². The Hall–Kier alpha value is -1.20. The molecule has 2 heterocycles. The Morgan fingerprint density at radius 1 is 1.65 bits per heavy atom. The fourth-order valence-corrected chi connectivity index (χ4v) is 1.92. The average molecular weight is 256 g/mol. The van der Waals surface area contributed by atoms with Gasteiger partial charge in [0.15, 0.2) is 0 Å². The summed E-state index contributed by atoms with van der Waals surface area (Å²) in [6.07, 6.45) is 3.55. The number of aromatic nitrogens is 2. The smallest absolute Gasteiger partial charge is 0.272 e. The molecule has 0 aromatic carbocycles. The maximum absolute atomic E-state index is 12.0. The highest BCUT2D eigenvalue weighted by Gasteiger charge is 2.38. The second-order valence-corrected chi connectivity index (χ2v) is 4.75. The molecule has 1 fully saturated rings. The molecule has 1 aromatic rings. The topological polar surface area (TPSA) is 64.1 Å². The average Bonchev–Trinajstić information content (AvgIpc) is 2.59. The first-order valence-electron chi connectivity index (χ1n) is 5.43. The zero-order valence-corrected chi connectivity index (χ0v) is 10.5. The molecule has 0 spiro atoms. The Kier molecular flexibility index (Phi) is 3.31. The van der Waals surface area contributed by atoms with Crippen LogP contribution in [-0.4, -0.2) is 34.1 Å². The van der Waals surface area contributed by atoms with Crippen molar-refractivity contribution in [1.82, 2.24) is 15.3 Å². The molecule has 1 aliphatic heterocycles. The van der Waals surface area contributed by atoms with Crippen molar-refractivity contribution in [2.75, 3.05) is 6.61 Å². The summed E-state index contributed by atoms with van der Waals surface area (Å²) in [4.78, 5) is 19.7. The molecule has 2 atom stereocenters. The van der Waals surface area contributed by atoms with Crippen molar-refractivity contribution in [3.8, 4) is 0 Å². The summed E-state index contributed by atoms with van der Waals surface area (Å²) >= 11 is 5.69. The molecule has 1 aromatic heterocycles. The summed E-state index contributed by atoms with van der Waals surface area (Å²) in [7, 11) is 0. The standard InChI is InChI=1S/C11H14ClN3O2/c1-7-11(2,3-4-17-7)15-10(16)8-5-13-6-9(12)14-8/h5-7H,3-4H2,1-2H3,(H,15,16). The van der Waals surface area contributed by atoms with E-state index in [4.69, 9.17) is 16.3 Å². The van der Waals surface area contributed by atoms with Crippen LogP contribution in [0.1, 0.15) is 30.8 Å². The number of halogens is 1. The Labute approximate surface area is 105 Å². The van der Waals surface area contributed by atoms with Gasteiger partial charge in [0.05, 0.1) is 24.0 Å². The molecule has 0 aliphatic carbocycles. The third kappa shape index (κ3) is 2.56. The predicted molar refractivity (Wildman–Crippen MR) is 62.9 cm³/mol. The first kappa shape index (κ1) is 12.3. The first-order valence-corrected chi connectivity index (χ1v) is 5.81. The van der Waals surface area contributed by atoms with Gasteiger partial charge in [0.25, 0.3) is 5.91 Å². The van der Waals surface area contributed by atoms with Crippen molar-refractivity contribution < 1.29 is 9.53 Å². The molecule has 0 saturated carbocycles. The lowest BCUT2D eigenvalue weighted by Crippen LogP contribution is -2.50. The minimum atomic E-state index is -0.360. The molecule has 0 radical (unpaired) electrons. The van der Waals surface area contributed by atoms with E-state index in [0.717, 1.165) is 6.42 Å². The zero-order valence-electron chi connectivity index (χ0n) is 9.74. The van der Waals surface area contributed by atoms with Crippen molar-refractivity contribution in [2.45, 2.75) is 31.9 Å². The highest BCUT2D eigenvalue weighted by atomic mass is 35.5. The summed E-state index contributed by atoms with van der Waals surface area (Å²) in [5.74, 6) is -0.278. The second-order valence-electron chi connectivity index (χ2n) is 4.36. The van der Waals surface area contributed by atoms with Crippen LogP contribution in [0, 0.1) is 0 Å². The summed E-state index contributed by atoms with van der Waals surface area (Å²) in [6, 6.07) is 0. The van der Waals surface area contributed by atoms with E-state index >= 15 is 0 Å². The van der Waals surface area contributed by atoms with E-state index in [-0.39, 0.29) is 28.4 Å². The first-order chi connectivity index (χ1) is 8.01. The lowest BCUT2D eigenvalue weighted by Gasteiger charge is -2.28. The zero-order chi connectivity index (χ0) is 12.5. The van der Waals surface area contributed by atoms with E-state index in [9.17, 15) is 4.79 Å². The molecule has 5 nitrogen and oxygen atoms in total. The second kappa shape index (κ2) is 4.58. The van der Waals surface area contributed by atoms with E-state index in [1.54, 1.807) is 0 Å². The van der Waals surface area contributed by atoms with Crippen LogP contribution >= 0.6 is 11.6 Å². The van der Waals surface area contributed by atoms with Gasteiger partial charge in [-0.2, -0.15) is 0 Å². The number of rotatable bonds is 2. The molecule has 1 saturated heterocycles. The molecule has 2 rings (SSSR count). The monoisotopic (exact) mass is 255 g/mol. The number of carbonyl (C=O) groups excluding carboxylic acids is 1. The molecule has 6 heteroatoms. The molecular formula is C11H14ClN3O2. The number of hydrogen-bond acceptors (Lipinski definition) is 4. The normalized spacial score (nSPS) is 28.1. The Bertz CT molecular complexity index is 440. The number of nitrogens with zero attached hydrogens (tertiary/aromatic N) is 2. The Morgan fingerprint density at radius 3 is 3.00 bits per heavy atom. The van der Waals surface area contributed by atoms with Gasteiger partial charge < -0.3 is 10.1 Å². The number of ether oxygens (including phenoxy) is 1. The summed E-state index contributed by atoms with van der Waals surface area (Å²) in [5, 5.41) is 3.13. The predicted octanol–water partition coefficient (Wildman–Crippen LogP) is 1.43.